The van der Waals surface area contributed by atoms with E-state index in [-0.39, 0.29) is 0 Å². The van der Waals surface area contributed by atoms with Gasteiger partial charge in [-0.1, -0.05) is 91.4 Å². The van der Waals surface area contributed by atoms with E-state index in [2.05, 4.69) is 20.8 Å². The zero-order chi connectivity index (χ0) is 13.2. The molecule has 1 aliphatic carbocycles. The van der Waals surface area contributed by atoms with E-state index in [1.54, 1.807) is 6.42 Å². The highest BCUT2D eigenvalue weighted by molar-refractivity contribution is 4.73. The fraction of sp³-hybridized carbons (Fsp3) is 1.00. The van der Waals surface area contributed by atoms with Gasteiger partial charge in [0.25, 0.3) is 0 Å². The third kappa shape index (κ3) is 6.25. The maximum absolute atomic E-state index is 2.38. The van der Waals surface area contributed by atoms with Gasteiger partial charge in [-0.2, -0.15) is 0 Å². The molecule has 0 heteroatoms. The molecule has 0 aromatic rings. The fourth-order valence-corrected chi connectivity index (χ4v) is 3.84. The van der Waals surface area contributed by atoms with Gasteiger partial charge in [-0.25, -0.2) is 0 Å². The molecule has 1 fully saturated rings. The van der Waals surface area contributed by atoms with Crippen LogP contribution in [-0.4, -0.2) is 0 Å². The van der Waals surface area contributed by atoms with Crippen molar-refractivity contribution in [1.82, 2.24) is 0 Å². The molecule has 0 aromatic carbocycles. The molecule has 0 aromatic heterocycles. The Balaban J connectivity index is 2.22. The van der Waals surface area contributed by atoms with Crippen LogP contribution in [0.5, 0.6) is 0 Å². The Labute approximate surface area is 116 Å². The average molecular weight is 252 g/mol. The van der Waals surface area contributed by atoms with E-state index in [1.165, 1.54) is 70.6 Å². The molecule has 1 aliphatic rings. The summed E-state index contributed by atoms with van der Waals surface area (Å²) in [6.07, 6.45) is 17.8. The van der Waals surface area contributed by atoms with Gasteiger partial charge in [-0.15, -0.1) is 0 Å². The molecule has 0 saturated heterocycles. The highest BCUT2D eigenvalue weighted by Crippen LogP contribution is 2.35. The number of rotatable bonds is 9. The molecule has 1 saturated carbocycles. The van der Waals surface area contributed by atoms with E-state index in [4.69, 9.17) is 0 Å². The summed E-state index contributed by atoms with van der Waals surface area (Å²) in [6, 6.07) is 0. The quantitative estimate of drug-likeness (QED) is 0.434. The lowest BCUT2D eigenvalue weighted by atomic mass is 9.77. The molecule has 18 heavy (non-hydrogen) atoms. The molecule has 0 bridgehead atoms. The van der Waals surface area contributed by atoms with Crippen LogP contribution in [0.15, 0.2) is 0 Å². The lowest BCUT2D eigenvalue weighted by Gasteiger charge is -2.29. The summed E-state index contributed by atoms with van der Waals surface area (Å²) in [5, 5.41) is 0. The Kier molecular flexibility index (Phi) is 8.80. The fourth-order valence-electron chi connectivity index (χ4n) is 3.84. The van der Waals surface area contributed by atoms with Crippen LogP contribution in [0.25, 0.3) is 0 Å². The minimum atomic E-state index is 1.04. The van der Waals surface area contributed by atoms with Crippen LogP contribution in [0.2, 0.25) is 0 Å². The first kappa shape index (κ1) is 16.1. The second-order valence-corrected chi connectivity index (χ2v) is 6.68. The third-order valence-electron chi connectivity index (χ3n) is 5.11. The monoisotopic (exact) mass is 252 g/mol. The van der Waals surface area contributed by atoms with Crippen molar-refractivity contribution in [2.45, 2.75) is 97.8 Å². The molecule has 0 amide bonds. The van der Waals surface area contributed by atoms with Gasteiger partial charge in [0.15, 0.2) is 0 Å². The second kappa shape index (κ2) is 9.87. The van der Waals surface area contributed by atoms with E-state index in [9.17, 15) is 0 Å². The predicted octanol–water partition coefficient (Wildman–Crippen LogP) is 6.59. The topological polar surface area (TPSA) is 0 Å². The summed E-state index contributed by atoms with van der Waals surface area (Å²) in [6.45, 7) is 7.07. The molecule has 0 spiro atoms. The van der Waals surface area contributed by atoms with Gasteiger partial charge >= 0.3 is 0 Å². The normalized spacial score (nSPS) is 26.2. The van der Waals surface area contributed by atoms with Gasteiger partial charge in [-0.3, -0.25) is 0 Å². The van der Waals surface area contributed by atoms with Crippen molar-refractivity contribution in [3.05, 3.63) is 0 Å². The molecular weight excluding hydrogens is 216 g/mol. The Hall–Kier alpha value is 0. The minimum Gasteiger partial charge on any atom is -0.0654 e. The average Bonchev–Trinajstić information content (AvgIpc) is 2.42. The van der Waals surface area contributed by atoms with Crippen molar-refractivity contribution < 1.29 is 0 Å². The van der Waals surface area contributed by atoms with Crippen LogP contribution < -0.4 is 0 Å². The second-order valence-electron chi connectivity index (χ2n) is 6.68. The van der Waals surface area contributed by atoms with Crippen LogP contribution in [0, 0.1) is 17.8 Å². The van der Waals surface area contributed by atoms with Gasteiger partial charge in [0.05, 0.1) is 0 Å². The molecule has 0 heterocycles. The van der Waals surface area contributed by atoms with Crippen molar-refractivity contribution >= 4 is 0 Å². The first-order chi connectivity index (χ1) is 8.80. The zero-order valence-electron chi connectivity index (χ0n) is 13.2. The molecular formula is C18H36. The molecule has 108 valence electrons. The van der Waals surface area contributed by atoms with Crippen molar-refractivity contribution in [2.75, 3.05) is 0 Å². The molecule has 1 rings (SSSR count). The van der Waals surface area contributed by atoms with Crippen molar-refractivity contribution in [2.24, 2.45) is 17.8 Å². The molecule has 0 radical (unpaired) electrons. The van der Waals surface area contributed by atoms with Crippen molar-refractivity contribution in [3.63, 3.8) is 0 Å². The SMILES string of the molecule is CCCCC(CCC)CCC1CCCC(CC)C1. The standard InChI is InChI=1S/C18H36/c1-4-7-10-17(9-5-2)13-14-18-12-8-11-16(6-3)15-18/h16-18H,4-15H2,1-3H3. The van der Waals surface area contributed by atoms with Crippen LogP contribution in [-0.2, 0) is 0 Å². The summed E-state index contributed by atoms with van der Waals surface area (Å²) in [7, 11) is 0. The van der Waals surface area contributed by atoms with Crippen LogP contribution >= 0.6 is 0 Å². The van der Waals surface area contributed by atoms with Crippen LogP contribution in [0.1, 0.15) is 97.8 Å². The van der Waals surface area contributed by atoms with E-state index in [1.807, 2.05) is 0 Å². The Bertz CT molecular complexity index is 180. The Morgan fingerprint density at radius 2 is 1.67 bits per heavy atom. The number of hydrogen-bond donors (Lipinski definition) is 0. The van der Waals surface area contributed by atoms with E-state index < -0.39 is 0 Å². The maximum atomic E-state index is 2.38. The molecule has 0 aliphatic heterocycles. The summed E-state index contributed by atoms with van der Waals surface area (Å²) in [5.74, 6) is 3.17. The van der Waals surface area contributed by atoms with E-state index >= 15 is 0 Å². The minimum absolute atomic E-state index is 1.04. The Morgan fingerprint density at radius 3 is 2.33 bits per heavy atom. The Morgan fingerprint density at radius 1 is 0.889 bits per heavy atom. The number of hydrogen-bond acceptors (Lipinski definition) is 0. The molecule has 3 unspecified atom stereocenters. The van der Waals surface area contributed by atoms with E-state index in [0.717, 1.165) is 17.8 Å². The summed E-state index contributed by atoms with van der Waals surface area (Å²) < 4.78 is 0. The molecule has 0 N–H and O–H groups in total. The summed E-state index contributed by atoms with van der Waals surface area (Å²) in [4.78, 5) is 0. The van der Waals surface area contributed by atoms with Crippen molar-refractivity contribution in [1.29, 1.82) is 0 Å². The molecule has 3 atom stereocenters. The molecule has 0 nitrogen and oxygen atoms in total. The van der Waals surface area contributed by atoms with Gasteiger partial charge in [0.2, 0.25) is 0 Å². The lowest BCUT2D eigenvalue weighted by Crippen LogP contribution is -2.16. The van der Waals surface area contributed by atoms with Gasteiger partial charge in [0, 0.05) is 0 Å². The zero-order valence-corrected chi connectivity index (χ0v) is 13.2. The van der Waals surface area contributed by atoms with Gasteiger partial charge in [-0.05, 0) is 24.2 Å². The van der Waals surface area contributed by atoms with E-state index in [0.29, 0.717) is 0 Å². The summed E-state index contributed by atoms with van der Waals surface area (Å²) in [5.41, 5.74) is 0. The van der Waals surface area contributed by atoms with Crippen molar-refractivity contribution in [3.8, 4) is 0 Å². The third-order valence-corrected chi connectivity index (χ3v) is 5.11. The lowest BCUT2D eigenvalue weighted by molar-refractivity contribution is 0.230. The van der Waals surface area contributed by atoms with Gasteiger partial charge in [0.1, 0.15) is 0 Å². The smallest absolute Gasteiger partial charge is 0.0412 e. The first-order valence-electron chi connectivity index (χ1n) is 8.80. The predicted molar refractivity (Wildman–Crippen MR) is 82.9 cm³/mol. The number of unbranched alkanes of at least 4 members (excludes halogenated alkanes) is 1. The summed E-state index contributed by atoms with van der Waals surface area (Å²) >= 11 is 0. The highest BCUT2D eigenvalue weighted by Gasteiger charge is 2.21. The van der Waals surface area contributed by atoms with Gasteiger partial charge < -0.3 is 0 Å². The maximum Gasteiger partial charge on any atom is -0.0412 e. The van der Waals surface area contributed by atoms with Crippen LogP contribution in [0.3, 0.4) is 0 Å². The van der Waals surface area contributed by atoms with Crippen LogP contribution in [0.4, 0.5) is 0 Å². The first-order valence-corrected chi connectivity index (χ1v) is 8.80. The highest BCUT2D eigenvalue weighted by atomic mass is 14.3. The largest absolute Gasteiger partial charge is 0.0654 e.